The molecule has 0 N–H and O–H groups in total. The van der Waals surface area contributed by atoms with Gasteiger partial charge in [-0.05, 0) is 30.4 Å². The number of halogens is 1. The van der Waals surface area contributed by atoms with Gasteiger partial charge in [0.1, 0.15) is 11.3 Å². The third-order valence-corrected chi connectivity index (χ3v) is 5.08. The summed E-state index contributed by atoms with van der Waals surface area (Å²) in [6, 6.07) is 1.99. The van der Waals surface area contributed by atoms with Crippen molar-refractivity contribution >= 4 is 34.1 Å². The van der Waals surface area contributed by atoms with Gasteiger partial charge in [-0.3, -0.25) is 0 Å². The molecule has 2 aromatic heterocycles. The molecule has 0 saturated heterocycles. The highest BCUT2D eigenvalue weighted by molar-refractivity contribution is 7.99. The van der Waals surface area contributed by atoms with Crippen LogP contribution in [0, 0.1) is 12.3 Å². The van der Waals surface area contributed by atoms with Crippen molar-refractivity contribution < 1.29 is 4.39 Å². The van der Waals surface area contributed by atoms with Crippen LogP contribution in [0.25, 0.3) is 22.3 Å². The normalized spacial score (nSPS) is 13.3. The van der Waals surface area contributed by atoms with E-state index in [1.54, 1.807) is 12.3 Å². The van der Waals surface area contributed by atoms with Crippen LogP contribution < -0.4 is 0 Å². The minimum absolute atomic E-state index is 0.518. The van der Waals surface area contributed by atoms with E-state index in [1.807, 2.05) is 60.7 Å². The van der Waals surface area contributed by atoms with Crippen molar-refractivity contribution in [1.82, 2.24) is 14.5 Å². The van der Waals surface area contributed by atoms with Crippen LogP contribution in [0.5, 0.6) is 0 Å². The lowest BCUT2D eigenvalue weighted by molar-refractivity contribution is 0.721. The second-order valence-corrected chi connectivity index (χ2v) is 7.44. The summed E-state index contributed by atoms with van der Waals surface area (Å²) in [5.41, 5.74) is 4.50. The molecule has 0 bridgehead atoms. The summed E-state index contributed by atoms with van der Waals surface area (Å²) in [7, 11) is 1.97. The molecule has 150 valence electrons. The van der Waals surface area contributed by atoms with Crippen LogP contribution >= 0.6 is 11.8 Å². The van der Waals surface area contributed by atoms with E-state index >= 15 is 0 Å². The van der Waals surface area contributed by atoms with E-state index in [9.17, 15) is 4.39 Å². The Balaban J connectivity index is 2.51. The molecule has 0 atom stereocenters. The smallest absolute Gasteiger partial charge is 0.160 e. The molecule has 29 heavy (non-hydrogen) atoms. The van der Waals surface area contributed by atoms with E-state index in [0.29, 0.717) is 12.8 Å². The van der Waals surface area contributed by atoms with Crippen LogP contribution in [0.3, 0.4) is 0 Å². The highest BCUT2D eigenvalue weighted by Gasteiger charge is 2.14. The number of fused-ring (bicyclic) bond motifs is 1. The van der Waals surface area contributed by atoms with Crippen LogP contribution in [-0.4, -0.2) is 26.0 Å². The van der Waals surface area contributed by atoms with Gasteiger partial charge in [-0.2, -0.15) is 11.8 Å². The minimum atomic E-state index is 0.518. The Morgan fingerprint density at radius 2 is 2.17 bits per heavy atom. The molecule has 2 rings (SSSR count). The number of terminal acetylenes is 1. The predicted octanol–water partition coefficient (Wildman–Crippen LogP) is 6.13. The van der Waals surface area contributed by atoms with E-state index in [4.69, 9.17) is 11.4 Å². The molecule has 0 radical (unpaired) electrons. The van der Waals surface area contributed by atoms with Gasteiger partial charge in [0.15, 0.2) is 5.65 Å². The zero-order valence-corrected chi connectivity index (χ0v) is 17.9. The summed E-state index contributed by atoms with van der Waals surface area (Å²) in [6.07, 6.45) is 21.2. The van der Waals surface area contributed by atoms with Crippen molar-refractivity contribution in [3.63, 3.8) is 0 Å². The average Bonchev–Trinajstić information content (AvgIpc) is 3.06. The standard InChI is InChI=1S/C24H26FN3S/c1-5-8-9-10-13-20(18-29-7-3)23-27-22-16-21(17-26-24(22)28(23)4)19(12-6-2)14-11-15-25/h1,6,9-17H,7-8,18H2,2-4H3/b10-9-,12-6-,15-11+,19-14+,20-13+. The van der Waals surface area contributed by atoms with E-state index in [1.165, 1.54) is 6.08 Å². The number of allylic oxidation sites excluding steroid dienone is 8. The SMILES string of the molecule is C#CC/C=C\C=C(/CSCC)c1nc2cc(C(/C=C\C)=C/C=C/F)cnc2n1C. The molecular formula is C24H26FN3S. The zero-order valence-electron chi connectivity index (χ0n) is 17.1. The molecule has 2 heterocycles. The maximum absolute atomic E-state index is 12.5. The van der Waals surface area contributed by atoms with Gasteiger partial charge in [0.05, 0.1) is 6.33 Å². The first-order chi connectivity index (χ1) is 14.2. The molecule has 0 fully saturated rings. The van der Waals surface area contributed by atoms with Gasteiger partial charge in [0, 0.05) is 36.6 Å². The molecule has 0 spiro atoms. The van der Waals surface area contributed by atoms with E-state index in [2.05, 4.69) is 23.9 Å². The molecule has 2 aromatic rings. The summed E-state index contributed by atoms with van der Waals surface area (Å²) >= 11 is 1.84. The molecule has 0 unspecified atom stereocenters. The van der Waals surface area contributed by atoms with Crippen LogP contribution in [0.4, 0.5) is 4.39 Å². The van der Waals surface area contributed by atoms with Crippen LogP contribution in [-0.2, 0) is 7.05 Å². The van der Waals surface area contributed by atoms with E-state index < -0.39 is 0 Å². The van der Waals surface area contributed by atoms with Gasteiger partial charge in [0.2, 0.25) is 0 Å². The number of hydrogen-bond acceptors (Lipinski definition) is 3. The lowest BCUT2D eigenvalue weighted by Gasteiger charge is -2.06. The Hall–Kier alpha value is -2.84. The van der Waals surface area contributed by atoms with Crippen molar-refractivity contribution in [3.05, 3.63) is 72.5 Å². The van der Waals surface area contributed by atoms with Crippen molar-refractivity contribution in [1.29, 1.82) is 0 Å². The summed E-state index contributed by atoms with van der Waals surface area (Å²) in [6.45, 7) is 4.06. The van der Waals surface area contributed by atoms with Gasteiger partial charge in [0.25, 0.3) is 0 Å². The quantitative estimate of drug-likeness (QED) is 0.370. The Morgan fingerprint density at radius 1 is 1.34 bits per heavy atom. The number of nitrogens with zero attached hydrogens (tertiary/aromatic N) is 3. The topological polar surface area (TPSA) is 30.7 Å². The molecule has 5 heteroatoms. The Kier molecular flexibility index (Phi) is 9.20. The van der Waals surface area contributed by atoms with Gasteiger partial charge in [-0.25, -0.2) is 14.4 Å². The summed E-state index contributed by atoms with van der Waals surface area (Å²) in [5.74, 6) is 5.37. The first-order valence-electron chi connectivity index (χ1n) is 9.46. The largest absolute Gasteiger partial charge is 0.312 e. The van der Waals surface area contributed by atoms with Crippen molar-refractivity contribution in [2.75, 3.05) is 11.5 Å². The maximum Gasteiger partial charge on any atom is 0.160 e. The number of imidazole rings is 1. The molecule has 0 aliphatic carbocycles. The summed E-state index contributed by atoms with van der Waals surface area (Å²) in [4.78, 5) is 9.46. The van der Waals surface area contributed by atoms with Crippen LogP contribution in [0.15, 0.2) is 61.1 Å². The zero-order chi connectivity index (χ0) is 21.1. The van der Waals surface area contributed by atoms with Crippen molar-refractivity contribution in [2.24, 2.45) is 7.05 Å². The number of hydrogen-bond donors (Lipinski definition) is 0. The molecule has 0 aromatic carbocycles. The summed E-state index contributed by atoms with van der Waals surface area (Å²) in [5, 5.41) is 0. The third kappa shape index (κ3) is 6.07. The summed E-state index contributed by atoms with van der Waals surface area (Å²) < 4.78 is 14.5. The molecule has 0 amide bonds. The monoisotopic (exact) mass is 407 g/mol. The first-order valence-corrected chi connectivity index (χ1v) is 10.6. The van der Waals surface area contributed by atoms with Gasteiger partial charge in [-0.1, -0.05) is 43.4 Å². The molecule has 0 saturated carbocycles. The fraction of sp³-hybridized carbons (Fsp3) is 0.250. The first kappa shape index (κ1) is 22.4. The fourth-order valence-electron chi connectivity index (χ4n) is 2.81. The number of thioether (sulfide) groups is 1. The third-order valence-electron chi connectivity index (χ3n) is 4.16. The fourth-order valence-corrected chi connectivity index (χ4v) is 3.46. The van der Waals surface area contributed by atoms with Crippen molar-refractivity contribution in [3.8, 4) is 12.3 Å². The number of aromatic nitrogens is 3. The van der Waals surface area contributed by atoms with Gasteiger partial charge < -0.3 is 4.57 Å². The highest BCUT2D eigenvalue weighted by atomic mass is 32.2. The number of pyridine rings is 1. The van der Waals surface area contributed by atoms with E-state index in [-0.39, 0.29) is 0 Å². The van der Waals surface area contributed by atoms with Crippen molar-refractivity contribution in [2.45, 2.75) is 20.3 Å². The Morgan fingerprint density at radius 3 is 2.86 bits per heavy atom. The molecule has 3 nitrogen and oxygen atoms in total. The van der Waals surface area contributed by atoms with Crippen LogP contribution in [0.2, 0.25) is 0 Å². The lowest BCUT2D eigenvalue weighted by atomic mass is 10.1. The second-order valence-electron chi connectivity index (χ2n) is 6.17. The Labute approximate surface area is 176 Å². The predicted molar refractivity (Wildman–Crippen MR) is 125 cm³/mol. The molecular weight excluding hydrogens is 381 g/mol. The number of rotatable bonds is 9. The molecule has 0 aliphatic heterocycles. The second kappa shape index (κ2) is 11.9. The maximum atomic E-state index is 12.5. The highest BCUT2D eigenvalue weighted by Crippen LogP contribution is 2.25. The molecule has 0 aliphatic rings. The Bertz CT molecular complexity index is 1020. The van der Waals surface area contributed by atoms with Gasteiger partial charge >= 0.3 is 0 Å². The number of aryl methyl sites for hydroxylation is 1. The minimum Gasteiger partial charge on any atom is -0.312 e. The van der Waals surface area contributed by atoms with Crippen LogP contribution in [0.1, 0.15) is 31.7 Å². The average molecular weight is 408 g/mol. The van der Waals surface area contributed by atoms with Gasteiger partial charge in [-0.15, -0.1) is 12.3 Å². The lowest BCUT2D eigenvalue weighted by Crippen LogP contribution is -2.00. The van der Waals surface area contributed by atoms with E-state index in [0.717, 1.165) is 45.2 Å².